The molecule has 0 radical (unpaired) electrons. The molecule has 1 aliphatic heterocycles. The van der Waals surface area contributed by atoms with Crippen molar-refractivity contribution in [2.45, 2.75) is 34.2 Å². The maximum atomic E-state index is 13.0. The van der Waals surface area contributed by atoms with Crippen molar-refractivity contribution in [1.29, 1.82) is 0 Å². The third-order valence-corrected chi connectivity index (χ3v) is 4.65. The van der Waals surface area contributed by atoms with Gasteiger partial charge in [0, 0.05) is 24.3 Å². The van der Waals surface area contributed by atoms with Gasteiger partial charge in [-0.2, -0.15) is 0 Å². The normalized spacial score (nSPS) is 12.8. The zero-order valence-corrected chi connectivity index (χ0v) is 15.6. The highest BCUT2D eigenvalue weighted by atomic mass is 16.6. The Morgan fingerprint density at radius 3 is 2.46 bits per heavy atom. The van der Waals surface area contributed by atoms with Crippen LogP contribution in [-0.4, -0.2) is 41.3 Å². The zero-order valence-electron chi connectivity index (χ0n) is 15.6. The van der Waals surface area contributed by atoms with E-state index in [-0.39, 0.29) is 11.7 Å². The zero-order chi connectivity index (χ0) is 18.8. The molecule has 2 aromatic rings. The Morgan fingerprint density at radius 1 is 1.15 bits per heavy atom. The van der Waals surface area contributed by atoms with Crippen LogP contribution in [0, 0.1) is 13.8 Å². The van der Waals surface area contributed by atoms with E-state index >= 15 is 0 Å². The summed E-state index contributed by atoms with van der Waals surface area (Å²) >= 11 is 0. The fraction of sp³-hybridized carbons (Fsp3) is 0.400. The number of aromatic amines is 1. The Bertz CT molecular complexity index is 854. The number of nitrogens with zero attached hydrogens (tertiary/aromatic N) is 1. The van der Waals surface area contributed by atoms with Crippen molar-refractivity contribution in [2.75, 3.05) is 19.8 Å². The van der Waals surface area contributed by atoms with Gasteiger partial charge in [-0.05, 0) is 51.0 Å². The molecular weight excluding hydrogens is 332 g/mol. The van der Waals surface area contributed by atoms with Crippen molar-refractivity contribution in [3.63, 3.8) is 0 Å². The Hall–Kier alpha value is -2.76. The second kappa shape index (κ2) is 7.23. The number of Topliss-reactive ketones (excluding diaryl/α,β-unsaturated/α-hetero) is 1. The number of carbonyl (C=O) groups is 2. The van der Waals surface area contributed by atoms with Crippen LogP contribution < -0.4 is 9.47 Å². The van der Waals surface area contributed by atoms with Gasteiger partial charge in [0.1, 0.15) is 18.9 Å². The van der Waals surface area contributed by atoms with E-state index in [0.717, 1.165) is 17.0 Å². The van der Waals surface area contributed by atoms with Crippen molar-refractivity contribution >= 4 is 11.7 Å². The van der Waals surface area contributed by atoms with Crippen LogP contribution in [-0.2, 0) is 6.54 Å². The summed E-state index contributed by atoms with van der Waals surface area (Å²) in [6, 6.07) is 5.73. The van der Waals surface area contributed by atoms with Crippen LogP contribution in [0.3, 0.4) is 0 Å². The molecule has 0 spiro atoms. The number of aryl methyl sites for hydroxylation is 1. The van der Waals surface area contributed by atoms with Crippen LogP contribution in [0.1, 0.15) is 51.5 Å². The lowest BCUT2D eigenvalue weighted by Crippen LogP contribution is -2.31. The van der Waals surface area contributed by atoms with Gasteiger partial charge in [0.05, 0.1) is 0 Å². The topological polar surface area (TPSA) is 71.6 Å². The minimum atomic E-state index is -0.115. The SMILES string of the molecule is CCN(Cc1ccc2c(c1)OCCO2)C(=O)c1[nH]c(C)c(C(C)=O)c1C. The molecule has 1 N–H and O–H groups in total. The van der Waals surface area contributed by atoms with Crippen molar-refractivity contribution in [3.05, 3.63) is 46.3 Å². The Morgan fingerprint density at radius 2 is 1.85 bits per heavy atom. The molecule has 1 aromatic carbocycles. The standard InChI is InChI=1S/C20H24N2O4/c1-5-22(11-15-6-7-16-17(10-15)26-9-8-25-16)20(24)19-12(2)18(14(4)23)13(3)21-19/h6-7,10,21H,5,8-9,11H2,1-4H3. The van der Waals surface area contributed by atoms with E-state index in [2.05, 4.69) is 4.98 Å². The first-order valence-corrected chi connectivity index (χ1v) is 8.80. The molecule has 1 aliphatic rings. The molecule has 6 nitrogen and oxygen atoms in total. The van der Waals surface area contributed by atoms with Gasteiger partial charge in [0.15, 0.2) is 17.3 Å². The summed E-state index contributed by atoms with van der Waals surface area (Å²) in [6.45, 7) is 9.18. The molecule has 1 aromatic heterocycles. The number of nitrogens with one attached hydrogen (secondary N) is 1. The number of carbonyl (C=O) groups excluding carboxylic acids is 2. The van der Waals surface area contributed by atoms with Crippen LogP contribution in [0.4, 0.5) is 0 Å². The van der Waals surface area contributed by atoms with Gasteiger partial charge in [-0.25, -0.2) is 0 Å². The largest absolute Gasteiger partial charge is 0.486 e. The number of benzene rings is 1. The minimum Gasteiger partial charge on any atom is -0.486 e. The predicted molar refractivity (Wildman–Crippen MR) is 98.1 cm³/mol. The fourth-order valence-electron chi connectivity index (χ4n) is 3.38. The number of amides is 1. The molecule has 138 valence electrons. The molecule has 26 heavy (non-hydrogen) atoms. The van der Waals surface area contributed by atoms with E-state index in [4.69, 9.17) is 9.47 Å². The summed E-state index contributed by atoms with van der Waals surface area (Å²) in [5, 5.41) is 0. The van der Waals surface area contributed by atoms with E-state index < -0.39 is 0 Å². The lowest BCUT2D eigenvalue weighted by Gasteiger charge is -2.23. The number of ether oxygens (including phenoxy) is 2. The molecule has 0 atom stereocenters. The first kappa shape index (κ1) is 18.0. The van der Waals surface area contributed by atoms with Gasteiger partial charge >= 0.3 is 0 Å². The Labute approximate surface area is 153 Å². The van der Waals surface area contributed by atoms with Crippen LogP contribution >= 0.6 is 0 Å². The number of hydrogen-bond acceptors (Lipinski definition) is 4. The molecule has 1 amide bonds. The van der Waals surface area contributed by atoms with Gasteiger partial charge in [0.2, 0.25) is 0 Å². The molecule has 3 rings (SSSR count). The quantitative estimate of drug-likeness (QED) is 0.835. The molecule has 6 heteroatoms. The van der Waals surface area contributed by atoms with Gasteiger partial charge in [-0.1, -0.05) is 6.07 Å². The summed E-state index contributed by atoms with van der Waals surface area (Å²) in [5.41, 5.74) is 3.49. The van der Waals surface area contributed by atoms with Gasteiger partial charge in [-0.15, -0.1) is 0 Å². The Balaban J connectivity index is 1.84. The summed E-state index contributed by atoms with van der Waals surface area (Å²) in [5.74, 6) is 1.29. The van der Waals surface area contributed by atoms with Gasteiger partial charge < -0.3 is 19.4 Å². The van der Waals surface area contributed by atoms with Gasteiger partial charge in [0.25, 0.3) is 5.91 Å². The minimum absolute atomic E-state index is 0.0369. The van der Waals surface area contributed by atoms with Crippen LogP contribution in [0.25, 0.3) is 0 Å². The first-order chi connectivity index (χ1) is 12.4. The second-order valence-corrected chi connectivity index (χ2v) is 6.48. The number of ketones is 1. The highest BCUT2D eigenvalue weighted by molar-refractivity contribution is 6.02. The maximum Gasteiger partial charge on any atom is 0.270 e. The van der Waals surface area contributed by atoms with Crippen LogP contribution in [0.15, 0.2) is 18.2 Å². The van der Waals surface area contributed by atoms with Crippen molar-refractivity contribution in [3.8, 4) is 11.5 Å². The molecule has 0 fully saturated rings. The summed E-state index contributed by atoms with van der Waals surface area (Å²) in [4.78, 5) is 29.7. The lowest BCUT2D eigenvalue weighted by atomic mass is 10.1. The van der Waals surface area contributed by atoms with Crippen LogP contribution in [0.5, 0.6) is 11.5 Å². The maximum absolute atomic E-state index is 13.0. The van der Waals surface area contributed by atoms with Crippen LogP contribution in [0.2, 0.25) is 0 Å². The molecule has 0 unspecified atom stereocenters. The second-order valence-electron chi connectivity index (χ2n) is 6.48. The van der Waals surface area contributed by atoms with Gasteiger partial charge in [-0.3, -0.25) is 9.59 Å². The summed E-state index contributed by atoms with van der Waals surface area (Å²) in [6.07, 6.45) is 0. The average Bonchev–Trinajstić information content (AvgIpc) is 2.93. The highest BCUT2D eigenvalue weighted by Crippen LogP contribution is 2.31. The number of H-pyrrole nitrogens is 1. The first-order valence-electron chi connectivity index (χ1n) is 8.80. The molecule has 0 saturated carbocycles. The smallest absolute Gasteiger partial charge is 0.270 e. The number of aromatic nitrogens is 1. The highest BCUT2D eigenvalue weighted by Gasteiger charge is 2.24. The van der Waals surface area contributed by atoms with E-state index in [0.29, 0.717) is 48.9 Å². The molecule has 0 aliphatic carbocycles. The molecule has 2 heterocycles. The average molecular weight is 356 g/mol. The van der Waals surface area contributed by atoms with E-state index in [1.54, 1.807) is 4.90 Å². The molecule has 0 bridgehead atoms. The van der Waals surface area contributed by atoms with E-state index in [1.807, 2.05) is 39.0 Å². The number of fused-ring (bicyclic) bond motifs is 1. The van der Waals surface area contributed by atoms with Crippen molar-refractivity contribution in [1.82, 2.24) is 9.88 Å². The number of hydrogen-bond donors (Lipinski definition) is 1. The van der Waals surface area contributed by atoms with Crippen molar-refractivity contribution in [2.24, 2.45) is 0 Å². The Kier molecular flexibility index (Phi) is 5.02. The van der Waals surface area contributed by atoms with E-state index in [9.17, 15) is 9.59 Å². The van der Waals surface area contributed by atoms with E-state index in [1.165, 1.54) is 6.92 Å². The molecular formula is C20H24N2O4. The van der Waals surface area contributed by atoms with Crippen molar-refractivity contribution < 1.29 is 19.1 Å². The number of rotatable bonds is 5. The lowest BCUT2D eigenvalue weighted by molar-refractivity contribution is 0.0746. The summed E-state index contributed by atoms with van der Waals surface area (Å²) in [7, 11) is 0. The molecule has 0 saturated heterocycles. The third-order valence-electron chi connectivity index (χ3n) is 4.65. The third kappa shape index (κ3) is 3.31. The monoisotopic (exact) mass is 356 g/mol. The fourth-order valence-corrected chi connectivity index (χ4v) is 3.38. The predicted octanol–water partition coefficient (Wildman–Crippen LogP) is 3.27. The summed E-state index contributed by atoms with van der Waals surface area (Å²) < 4.78 is 11.2.